The number of carbonyl (C=O) groups excluding carboxylic acids is 1. The fraction of sp³-hybridized carbons (Fsp3) is 0.478. The van der Waals surface area contributed by atoms with Gasteiger partial charge < -0.3 is 10.2 Å². The van der Waals surface area contributed by atoms with Gasteiger partial charge in [-0.05, 0) is 73.8 Å². The first-order valence-corrected chi connectivity index (χ1v) is 12.1. The van der Waals surface area contributed by atoms with Gasteiger partial charge in [0.25, 0.3) is 5.91 Å². The Morgan fingerprint density at radius 1 is 1.10 bits per heavy atom. The standard InChI is InChI=1S/C23H26ClN3OS/c1-14-10-17(24)12-18(11-14)26-22-21-16-4-2-15(3-5-16)20(21)19(13-25-22)23(28)27-6-8-29-9-7-27/h10-13,15-16H,2-9H2,1H3,(H,25,26). The number of aryl methyl sites for hydroxylation is 1. The molecular weight excluding hydrogens is 402 g/mol. The van der Waals surface area contributed by atoms with Crippen molar-refractivity contribution in [3.63, 3.8) is 0 Å². The molecule has 4 aliphatic rings. The van der Waals surface area contributed by atoms with Crippen LogP contribution in [0.15, 0.2) is 24.4 Å². The van der Waals surface area contributed by atoms with Crippen molar-refractivity contribution >= 4 is 40.8 Å². The largest absolute Gasteiger partial charge is 0.340 e. The van der Waals surface area contributed by atoms with Crippen molar-refractivity contribution in [3.05, 3.63) is 51.7 Å². The van der Waals surface area contributed by atoms with Crippen molar-refractivity contribution in [1.29, 1.82) is 0 Å². The lowest BCUT2D eigenvalue weighted by molar-refractivity contribution is 0.0769. The molecule has 1 aromatic heterocycles. The summed E-state index contributed by atoms with van der Waals surface area (Å²) in [7, 11) is 0. The Kier molecular flexibility index (Phi) is 5.21. The maximum atomic E-state index is 13.3. The SMILES string of the molecule is Cc1cc(Cl)cc(Nc2ncc(C(=O)N3CCSCC3)c3c2C2CCC3CC2)c1. The van der Waals surface area contributed by atoms with Gasteiger partial charge in [0.05, 0.1) is 5.56 Å². The lowest BCUT2D eigenvalue weighted by Crippen LogP contribution is -2.39. The van der Waals surface area contributed by atoms with Crippen LogP contribution in [-0.4, -0.2) is 40.4 Å². The first kappa shape index (κ1) is 19.3. The molecule has 0 unspecified atom stereocenters. The molecule has 1 saturated carbocycles. The number of pyridine rings is 1. The van der Waals surface area contributed by atoms with Gasteiger partial charge in [0.1, 0.15) is 5.82 Å². The highest BCUT2D eigenvalue weighted by molar-refractivity contribution is 7.99. The molecular formula is C23H26ClN3OS. The monoisotopic (exact) mass is 427 g/mol. The second-order valence-corrected chi connectivity index (χ2v) is 10.1. The predicted molar refractivity (Wildman–Crippen MR) is 121 cm³/mol. The zero-order valence-corrected chi connectivity index (χ0v) is 18.3. The van der Waals surface area contributed by atoms with Gasteiger partial charge in [0.15, 0.2) is 0 Å². The quantitative estimate of drug-likeness (QED) is 0.679. The molecule has 6 heteroatoms. The summed E-state index contributed by atoms with van der Waals surface area (Å²) < 4.78 is 0. The van der Waals surface area contributed by atoms with Gasteiger partial charge in [-0.1, -0.05) is 11.6 Å². The van der Waals surface area contributed by atoms with Gasteiger partial charge in [-0.3, -0.25) is 4.79 Å². The minimum absolute atomic E-state index is 0.173. The fourth-order valence-electron chi connectivity index (χ4n) is 5.22. The van der Waals surface area contributed by atoms with Crippen LogP contribution in [0.1, 0.15) is 64.6 Å². The zero-order valence-electron chi connectivity index (χ0n) is 16.7. The Balaban J connectivity index is 1.56. The van der Waals surface area contributed by atoms with Crippen LogP contribution < -0.4 is 5.32 Å². The second-order valence-electron chi connectivity index (χ2n) is 8.44. The van der Waals surface area contributed by atoms with E-state index in [1.54, 1.807) is 0 Å². The number of hydrogen-bond donors (Lipinski definition) is 1. The molecule has 1 aromatic carbocycles. The number of aromatic nitrogens is 1. The third kappa shape index (κ3) is 3.64. The number of benzene rings is 1. The highest BCUT2D eigenvalue weighted by atomic mass is 35.5. The maximum Gasteiger partial charge on any atom is 0.255 e. The summed E-state index contributed by atoms with van der Waals surface area (Å²) in [4.78, 5) is 20.1. The molecule has 2 aromatic rings. The molecule has 3 aliphatic carbocycles. The highest BCUT2D eigenvalue weighted by Crippen LogP contribution is 2.52. The molecule has 4 nitrogen and oxygen atoms in total. The molecule has 1 amide bonds. The van der Waals surface area contributed by atoms with Crippen LogP contribution in [0.2, 0.25) is 5.02 Å². The van der Waals surface area contributed by atoms with Gasteiger partial charge in [-0.2, -0.15) is 11.8 Å². The number of fused-ring (bicyclic) bond motifs is 2. The fourth-order valence-corrected chi connectivity index (χ4v) is 6.41. The molecule has 152 valence electrons. The van der Waals surface area contributed by atoms with Crippen molar-refractivity contribution in [1.82, 2.24) is 9.88 Å². The van der Waals surface area contributed by atoms with Crippen molar-refractivity contribution in [3.8, 4) is 0 Å². The Hall–Kier alpha value is -1.72. The third-order valence-electron chi connectivity index (χ3n) is 6.54. The minimum Gasteiger partial charge on any atom is -0.340 e. The Morgan fingerprint density at radius 3 is 2.48 bits per heavy atom. The van der Waals surface area contributed by atoms with E-state index in [-0.39, 0.29) is 5.91 Å². The number of nitrogens with one attached hydrogen (secondary N) is 1. The van der Waals surface area contributed by atoms with Crippen LogP contribution in [-0.2, 0) is 0 Å². The maximum absolute atomic E-state index is 13.3. The molecule has 29 heavy (non-hydrogen) atoms. The number of hydrogen-bond acceptors (Lipinski definition) is 4. The topological polar surface area (TPSA) is 45.2 Å². The summed E-state index contributed by atoms with van der Waals surface area (Å²) in [5.74, 6) is 4.11. The van der Waals surface area contributed by atoms with E-state index in [0.717, 1.165) is 52.3 Å². The third-order valence-corrected chi connectivity index (χ3v) is 7.70. The molecule has 6 rings (SSSR count). The first-order valence-electron chi connectivity index (χ1n) is 10.5. The summed E-state index contributed by atoms with van der Waals surface area (Å²) in [5.41, 5.74) is 5.46. The first-order chi connectivity index (χ1) is 14.1. The van der Waals surface area contributed by atoms with Crippen LogP contribution in [0.5, 0.6) is 0 Å². The molecule has 2 bridgehead atoms. The van der Waals surface area contributed by atoms with Gasteiger partial charge in [0, 0.05) is 47.1 Å². The number of rotatable bonds is 3. The van der Waals surface area contributed by atoms with E-state index in [0.29, 0.717) is 11.8 Å². The van der Waals surface area contributed by atoms with Crippen LogP contribution in [0.4, 0.5) is 11.5 Å². The molecule has 1 aliphatic heterocycles. The van der Waals surface area contributed by atoms with Crippen molar-refractivity contribution in [2.75, 3.05) is 29.9 Å². The minimum atomic E-state index is 0.173. The van der Waals surface area contributed by atoms with E-state index >= 15 is 0 Å². The van der Waals surface area contributed by atoms with Gasteiger partial charge in [-0.15, -0.1) is 0 Å². The predicted octanol–water partition coefficient (Wildman–Crippen LogP) is 5.73. The molecule has 0 atom stereocenters. The number of amides is 1. The summed E-state index contributed by atoms with van der Waals surface area (Å²) in [6.07, 6.45) is 6.59. The van der Waals surface area contributed by atoms with E-state index in [2.05, 4.69) is 11.4 Å². The lowest BCUT2D eigenvalue weighted by atomic mass is 9.66. The highest BCUT2D eigenvalue weighted by Gasteiger charge is 2.39. The van der Waals surface area contributed by atoms with E-state index in [9.17, 15) is 4.79 Å². The Labute approximate surface area is 181 Å². The van der Waals surface area contributed by atoms with E-state index in [4.69, 9.17) is 16.6 Å². The van der Waals surface area contributed by atoms with Crippen LogP contribution in [0, 0.1) is 6.92 Å². The molecule has 2 fully saturated rings. The van der Waals surface area contributed by atoms with E-state index in [1.807, 2.05) is 41.9 Å². The lowest BCUT2D eigenvalue weighted by Gasteiger charge is -2.40. The summed E-state index contributed by atoms with van der Waals surface area (Å²) in [6, 6.07) is 5.98. The van der Waals surface area contributed by atoms with Gasteiger partial charge in [0.2, 0.25) is 0 Å². The van der Waals surface area contributed by atoms with Gasteiger partial charge >= 0.3 is 0 Å². The molecule has 1 N–H and O–H groups in total. The summed E-state index contributed by atoms with van der Waals surface area (Å²) in [6.45, 7) is 3.73. The average Bonchev–Trinajstić information content (AvgIpc) is 2.74. The van der Waals surface area contributed by atoms with Crippen molar-refractivity contribution in [2.45, 2.75) is 44.4 Å². The molecule has 0 radical (unpaired) electrons. The van der Waals surface area contributed by atoms with Crippen LogP contribution >= 0.6 is 23.4 Å². The van der Waals surface area contributed by atoms with E-state index < -0.39 is 0 Å². The van der Waals surface area contributed by atoms with Crippen molar-refractivity contribution in [2.24, 2.45) is 0 Å². The Morgan fingerprint density at radius 2 is 1.79 bits per heavy atom. The number of halogens is 1. The molecule has 0 spiro atoms. The normalized spacial score (nSPS) is 23.0. The number of nitrogens with zero attached hydrogens (tertiary/aromatic N) is 2. The van der Waals surface area contributed by atoms with Crippen LogP contribution in [0.3, 0.4) is 0 Å². The van der Waals surface area contributed by atoms with E-state index in [1.165, 1.54) is 36.8 Å². The van der Waals surface area contributed by atoms with Gasteiger partial charge in [-0.25, -0.2) is 4.98 Å². The molecule has 1 saturated heterocycles. The summed E-state index contributed by atoms with van der Waals surface area (Å²) >= 11 is 8.19. The smallest absolute Gasteiger partial charge is 0.255 e. The molecule has 2 heterocycles. The number of carbonyl (C=O) groups is 1. The van der Waals surface area contributed by atoms with Crippen molar-refractivity contribution < 1.29 is 4.79 Å². The second kappa shape index (κ2) is 7.84. The Bertz CT molecular complexity index is 929. The zero-order chi connectivity index (χ0) is 20.0. The average molecular weight is 428 g/mol. The summed E-state index contributed by atoms with van der Waals surface area (Å²) in [5, 5.41) is 4.24. The van der Waals surface area contributed by atoms with Crippen LogP contribution in [0.25, 0.3) is 0 Å². The number of thioether (sulfide) groups is 1. The number of anilines is 2.